The first-order chi connectivity index (χ1) is 48.7. The summed E-state index contributed by atoms with van der Waals surface area (Å²) in [5, 5.41) is 10.6. The lowest BCUT2D eigenvalue weighted by Gasteiger charge is -2.21. The van der Waals surface area contributed by atoms with Crippen LogP contribution in [-0.4, -0.2) is 96.7 Å². The predicted octanol–water partition coefficient (Wildman–Crippen LogP) is 22.3. The summed E-state index contributed by atoms with van der Waals surface area (Å²) in [6.45, 7) is 4.54. The number of phosphoric ester groups is 2. The van der Waals surface area contributed by atoms with Gasteiger partial charge in [-0.15, -0.1) is 0 Å². The van der Waals surface area contributed by atoms with Crippen molar-refractivity contribution in [1.29, 1.82) is 0 Å². The summed E-state index contributed by atoms with van der Waals surface area (Å²) in [5.41, 5.74) is 0. The molecule has 0 aromatic carbocycles. The largest absolute Gasteiger partial charge is 0.472 e. The third kappa shape index (κ3) is 71.8. The monoisotopic (exact) mass is 1440 g/mol. The molecule has 0 aliphatic carbocycles. The highest BCUT2D eigenvalue weighted by Crippen LogP contribution is 2.45. The van der Waals surface area contributed by atoms with Crippen molar-refractivity contribution in [2.75, 3.05) is 39.6 Å². The minimum Gasteiger partial charge on any atom is -0.462 e. The maximum atomic E-state index is 13.1. The SMILES string of the molecule is CC/C=C\C/C=C\C/C=C\C/C=C\C/C=C\CCCC(=O)OCC(COP(=O)(O)OCC(O)COP(=O)(O)OCC(COC(=O)CCCCCC/C=C\C/C=C\C/C=C\C/C=C\CC)OC(=O)CCCCCCC/C=C\CCCCCCCC)OC(=O)CCCCCCCCCCCCC. The van der Waals surface area contributed by atoms with Crippen LogP contribution in [0.5, 0.6) is 0 Å². The normalized spacial score (nSPS) is 14.6. The molecule has 574 valence electrons. The second-order valence-electron chi connectivity index (χ2n) is 25.5. The van der Waals surface area contributed by atoms with Gasteiger partial charge in [-0.25, -0.2) is 9.13 Å². The standard InChI is InChI=1S/C81H138O17P2/c1-5-9-13-17-21-25-29-32-35-37-40-42-46-49-53-57-61-65-78(83)91-71-76(97-80(85)67-63-59-55-51-45-28-24-20-16-12-8-4)73-95-99(87,88)93-69-75(82)70-94-100(89,90)96-74-77(98-81(86)68-64-60-56-52-48-44-39-34-31-27-23-19-15-11-7-3)72-92-79(84)66-62-58-54-50-47-43-41-38-36-33-30-26-22-18-14-10-6-2/h9-10,13-14,21-22,25-26,32-36,39-43,49,53,75-77,82H,5-8,11-12,15-20,23-24,27-31,37-38,44-48,50-52,54-74H2,1-4H3,(H,87,88)(H,89,90)/b13-9-,14-10-,25-21-,26-22-,35-32-,36-33-,39-34-,42-40-,43-41-,53-49-. The molecule has 0 saturated heterocycles. The highest BCUT2D eigenvalue weighted by molar-refractivity contribution is 7.47. The molecular formula is C81H138O17P2. The number of phosphoric acid groups is 2. The molecule has 0 radical (unpaired) electrons. The van der Waals surface area contributed by atoms with Gasteiger partial charge in [0.1, 0.15) is 19.3 Å². The number of rotatable bonds is 72. The smallest absolute Gasteiger partial charge is 0.462 e. The van der Waals surface area contributed by atoms with Crippen LogP contribution >= 0.6 is 15.6 Å². The Balaban J connectivity index is 5.40. The molecule has 0 heterocycles. The van der Waals surface area contributed by atoms with Crippen molar-refractivity contribution in [1.82, 2.24) is 0 Å². The topological polar surface area (TPSA) is 237 Å². The molecule has 0 rings (SSSR count). The summed E-state index contributed by atoms with van der Waals surface area (Å²) >= 11 is 0. The Bertz CT molecular complexity index is 2370. The van der Waals surface area contributed by atoms with Gasteiger partial charge in [-0.05, 0) is 128 Å². The summed E-state index contributed by atoms with van der Waals surface area (Å²) in [4.78, 5) is 72.8. The molecule has 0 aliphatic rings. The Morgan fingerprint density at radius 2 is 0.530 bits per heavy atom. The summed E-state index contributed by atoms with van der Waals surface area (Å²) in [6, 6.07) is 0. The fourth-order valence-corrected chi connectivity index (χ4v) is 11.6. The van der Waals surface area contributed by atoms with E-state index in [1.54, 1.807) is 0 Å². The molecule has 5 atom stereocenters. The molecule has 17 nitrogen and oxygen atoms in total. The maximum absolute atomic E-state index is 13.1. The maximum Gasteiger partial charge on any atom is 0.472 e. The molecule has 0 aliphatic heterocycles. The number of esters is 4. The van der Waals surface area contributed by atoms with Crippen molar-refractivity contribution in [3.05, 3.63) is 122 Å². The number of ether oxygens (including phenoxy) is 4. The van der Waals surface area contributed by atoms with Gasteiger partial charge in [0.05, 0.1) is 26.4 Å². The molecule has 3 N–H and O–H groups in total. The molecule has 100 heavy (non-hydrogen) atoms. The fraction of sp³-hybridized carbons (Fsp3) is 0.704. The summed E-state index contributed by atoms with van der Waals surface area (Å²) in [5.74, 6) is -2.27. The van der Waals surface area contributed by atoms with Gasteiger partial charge in [0, 0.05) is 25.7 Å². The number of carbonyl (C=O) groups is 4. The zero-order chi connectivity index (χ0) is 73.2. The summed E-state index contributed by atoms with van der Waals surface area (Å²) in [6.07, 6.45) is 79.1. The molecule has 0 aromatic heterocycles. The predicted molar refractivity (Wildman–Crippen MR) is 408 cm³/mol. The van der Waals surface area contributed by atoms with Crippen LogP contribution in [0.4, 0.5) is 0 Å². The van der Waals surface area contributed by atoms with Gasteiger partial charge in [0.2, 0.25) is 0 Å². The summed E-state index contributed by atoms with van der Waals surface area (Å²) in [7, 11) is -9.97. The van der Waals surface area contributed by atoms with Crippen molar-refractivity contribution in [2.24, 2.45) is 0 Å². The minimum absolute atomic E-state index is 0.0770. The quantitative estimate of drug-likeness (QED) is 0.0169. The van der Waals surface area contributed by atoms with Gasteiger partial charge in [-0.3, -0.25) is 37.3 Å². The van der Waals surface area contributed by atoms with E-state index in [4.69, 9.17) is 37.0 Å². The Labute approximate surface area is 606 Å². The van der Waals surface area contributed by atoms with E-state index in [0.29, 0.717) is 32.1 Å². The molecule has 5 unspecified atom stereocenters. The molecule has 0 spiro atoms. The van der Waals surface area contributed by atoms with Gasteiger partial charge in [-0.1, -0.05) is 278 Å². The number of unbranched alkanes of at least 4 members (excludes halogenated alkanes) is 26. The Morgan fingerprint density at radius 3 is 0.850 bits per heavy atom. The highest BCUT2D eigenvalue weighted by Gasteiger charge is 2.30. The molecular weight excluding hydrogens is 1310 g/mol. The minimum atomic E-state index is -4.99. The van der Waals surface area contributed by atoms with E-state index >= 15 is 0 Å². The lowest BCUT2D eigenvalue weighted by Crippen LogP contribution is -2.30. The number of aliphatic hydroxyl groups excluding tert-OH is 1. The Hall–Kier alpha value is -4.54. The van der Waals surface area contributed by atoms with Crippen LogP contribution in [0.25, 0.3) is 0 Å². The first-order valence-electron chi connectivity index (χ1n) is 38.8. The molecule has 0 aromatic rings. The highest BCUT2D eigenvalue weighted by atomic mass is 31.2. The molecule has 0 fully saturated rings. The summed E-state index contributed by atoms with van der Waals surface area (Å²) < 4.78 is 68.4. The third-order valence-corrected chi connectivity index (χ3v) is 17.8. The van der Waals surface area contributed by atoms with Gasteiger partial charge in [-0.2, -0.15) is 0 Å². The van der Waals surface area contributed by atoms with Gasteiger partial charge in [0.15, 0.2) is 12.2 Å². The van der Waals surface area contributed by atoms with Gasteiger partial charge < -0.3 is 33.8 Å². The van der Waals surface area contributed by atoms with E-state index in [9.17, 15) is 43.2 Å². The van der Waals surface area contributed by atoms with Crippen LogP contribution in [0.2, 0.25) is 0 Å². The average Bonchev–Trinajstić information content (AvgIpc) is 0.989. The van der Waals surface area contributed by atoms with E-state index in [0.717, 1.165) is 148 Å². The average molecular weight is 1450 g/mol. The molecule has 0 bridgehead atoms. The number of aliphatic hydroxyl groups is 1. The van der Waals surface area contributed by atoms with Gasteiger partial charge in [0.25, 0.3) is 0 Å². The lowest BCUT2D eigenvalue weighted by atomic mass is 10.1. The van der Waals surface area contributed by atoms with Crippen LogP contribution in [0.15, 0.2) is 122 Å². The second kappa shape index (κ2) is 72.8. The zero-order valence-electron chi connectivity index (χ0n) is 62.6. The van der Waals surface area contributed by atoms with E-state index in [2.05, 4.69) is 137 Å². The van der Waals surface area contributed by atoms with Crippen molar-refractivity contribution < 1.29 is 80.2 Å². The molecule has 19 heteroatoms. The lowest BCUT2D eigenvalue weighted by molar-refractivity contribution is -0.161. The molecule has 0 saturated carbocycles. The third-order valence-electron chi connectivity index (χ3n) is 15.9. The van der Waals surface area contributed by atoms with Crippen LogP contribution < -0.4 is 0 Å². The van der Waals surface area contributed by atoms with Crippen molar-refractivity contribution in [3.63, 3.8) is 0 Å². The molecule has 0 amide bonds. The number of carbonyl (C=O) groups excluding carboxylic acids is 4. The first kappa shape index (κ1) is 95.5. The van der Waals surface area contributed by atoms with Crippen molar-refractivity contribution in [3.8, 4) is 0 Å². The fourth-order valence-electron chi connectivity index (χ4n) is 10.1. The zero-order valence-corrected chi connectivity index (χ0v) is 64.4. The van der Waals surface area contributed by atoms with Crippen molar-refractivity contribution >= 4 is 39.5 Å². The first-order valence-corrected chi connectivity index (χ1v) is 41.8. The van der Waals surface area contributed by atoms with Crippen LogP contribution in [0.3, 0.4) is 0 Å². The van der Waals surface area contributed by atoms with E-state index in [-0.39, 0.29) is 25.7 Å². The van der Waals surface area contributed by atoms with E-state index < -0.39 is 97.5 Å². The van der Waals surface area contributed by atoms with Gasteiger partial charge >= 0.3 is 39.5 Å². The Kier molecular flexibility index (Phi) is 69.5. The second-order valence-corrected chi connectivity index (χ2v) is 28.4. The number of allylic oxidation sites excluding steroid dienone is 20. The van der Waals surface area contributed by atoms with Crippen LogP contribution in [-0.2, 0) is 65.4 Å². The van der Waals surface area contributed by atoms with Crippen molar-refractivity contribution in [2.45, 2.75) is 329 Å². The van der Waals surface area contributed by atoms with E-state index in [1.165, 1.54) is 77.0 Å². The van der Waals surface area contributed by atoms with Crippen LogP contribution in [0, 0.1) is 0 Å². The number of hydrogen-bond acceptors (Lipinski definition) is 15. The van der Waals surface area contributed by atoms with Crippen LogP contribution in [0.1, 0.15) is 310 Å². The van der Waals surface area contributed by atoms with E-state index in [1.807, 2.05) is 12.2 Å². The number of hydrogen-bond donors (Lipinski definition) is 3. The Morgan fingerprint density at radius 1 is 0.290 bits per heavy atom.